The molecule has 0 aliphatic carbocycles. The Hall–Kier alpha value is -3.64. The van der Waals surface area contributed by atoms with E-state index in [1.54, 1.807) is 47.9 Å². The van der Waals surface area contributed by atoms with Crippen molar-refractivity contribution in [1.29, 1.82) is 0 Å². The maximum atomic E-state index is 14.4. The number of esters is 1. The average molecular weight is 703 g/mol. The van der Waals surface area contributed by atoms with Crippen molar-refractivity contribution in [2.24, 2.45) is 11.3 Å². The first-order valence-corrected chi connectivity index (χ1v) is 16.9. The molecule has 2 aromatic rings. The number of carbonyl (C=O) groups excluding carboxylic acids is 4. The second-order valence-corrected chi connectivity index (χ2v) is 13.0. The molecular weight excluding hydrogens is 661 g/mol. The van der Waals surface area contributed by atoms with Crippen LogP contribution in [-0.2, 0) is 46.5 Å². The average Bonchev–Trinajstić information content (AvgIpc) is 3.08. The fraction of sp³-hybridized carbons (Fsp3) is 0.486. The molecule has 0 aromatic heterocycles. The SMILES string of the molecule is CCOC(=O)N1CCN(C(=O)C[C@H]2C[C@@]3(C(=O)OC)C(=C[C@H](COCc4ccccc4)O[C@@H]3C)N(Cc3ccc(Cl)cc3Cl)C2=O)CC1. The summed E-state index contributed by atoms with van der Waals surface area (Å²) >= 11 is 12.8. The largest absolute Gasteiger partial charge is 0.468 e. The van der Waals surface area contributed by atoms with E-state index in [4.69, 9.17) is 42.1 Å². The molecule has 13 heteroatoms. The van der Waals surface area contributed by atoms with Crippen LogP contribution in [0.3, 0.4) is 0 Å². The van der Waals surface area contributed by atoms with Gasteiger partial charge in [-0.15, -0.1) is 0 Å². The number of likely N-dealkylation sites (tertiary alicyclic amines) is 1. The molecule has 3 aliphatic heterocycles. The highest BCUT2D eigenvalue weighted by atomic mass is 35.5. The normalized spacial score (nSPS) is 24.1. The Bertz CT molecular complexity index is 1530. The zero-order valence-corrected chi connectivity index (χ0v) is 28.9. The van der Waals surface area contributed by atoms with Gasteiger partial charge in [0.1, 0.15) is 11.5 Å². The molecule has 258 valence electrons. The summed E-state index contributed by atoms with van der Waals surface area (Å²) in [6, 6.07) is 14.7. The van der Waals surface area contributed by atoms with E-state index in [-0.39, 0.29) is 44.4 Å². The molecule has 11 nitrogen and oxygen atoms in total. The monoisotopic (exact) mass is 701 g/mol. The number of piperazine rings is 1. The van der Waals surface area contributed by atoms with Crippen molar-refractivity contribution >= 4 is 47.1 Å². The van der Waals surface area contributed by atoms with Crippen LogP contribution in [0.25, 0.3) is 0 Å². The lowest BCUT2D eigenvalue weighted by molar-refractivity contribution is -0.178. The Balaban J connectivity index is 1.43. The zero-order valence-electron chi connectivity index (χ0n) is 27.4. The topological polar surface area (TPSA) is 115 Å². The van der Waals surface area contributed by atoms with Crippen LogP contribution in [0, 0.1) is 11.3 Å². The lowest BCUT2D eigenvalue weighted by atomic mass is 9.66. The number of fused-ring (bicyclic) bond motifs is 1. The molecule has 2 saturated heterocycles. The Morgan fingerprint density at radius 2 is 1.73 bits per heavy atom. The number of nitrogens with zero attached hydrogens (tertiary/aromatic N) is 3. The Labute approximate surface area is 290 Å². The first-order chi connectivity index (χ1) is 23.1. The van der Waals surface area contributed by atoms with Crippen LogP contribution in [0.2, 0.25) is 10.0 Å². The highest BCUT2D eigenvalue weighted by molar-refractivity contribution is 6.35. The third kappa shape index (κ3) is 7.64. The van der Waals surface area contributed by atoms with Crippen LogP contribution in [-0.4, -0.2) is 97.3 Å². The summed E-state index contributed by atoms with van der Waals surface area (Å²) in [6.45, 7) is 5.62. The fourth-order valence-electron chi connectivity index (χ4n) is 6.69. The third-order valence-corrected chi connectivity index (χ3v) is 9.80. The maximum Gasteiger partial charge on any atom is 0.409 e. The minimum atomic E-state index is -1.38. The summed E-state index contributed by atoms with van der Waals surface area (Å²) in [5.74, 6) is -1.99. The molecule has 0 radical (unpaired) electrons. The van der Waals surface area contributed by atoms with E-state index in [9.17, 15) is 19.2 Å². The summed E-state index contributed by atoms with van der Waals surface area (Å²) in [7, 11) is 1.30. The third-order valence-electron chi connectivity index (χ3n) is 9.21. The van der Waals surface area contributed by atoms with Crippen LogP contribution in [0.4, 0.5) is 4.79 Å². The Morgan fingerprint density at radius 3 is 2.40 bits per heavy atom. The minimum absolute atomic E-state index is 0.0163. The number of rotatable bonds is 10. The van der Waals surface area contributed by atoms with Gasteiger partial charge in [0.15, 0.2) is 0 Å². The van der Waals surface area contributed by atoms with E-state index >= 15 is 0 Å². The molecule has 0 spiro atoms. The molecule has 48 heavy (non-hydrogen) atoms. The highest BCUT2D eigenvalue weighted by Gasteiger charge is 2.59. The number of benzene rings is 2. The van der Waals surface area contributed by atoms with Crippen molar-refractivity contribution in [3.05, 3.63) is 81.5 Å². The predicted octanol–water partition coefficient (Wildman–Crippen LogP) is 5.08. The lowest BCUT2D eigenvalue weighted by Gasteiger charge is -2.51. The van der Waals surface area contributed by atoms with E-state index in [1.165, 1.54) is 12.0 Å². The summed E-state index contributed by atoms with van der Waals surface area (Å²) in [4.78, 5) is 58.8. The standard InChI is InChI=1S/C35H41Cl2N3O8/c1-4-47-34(44)39-14-12-38(13-15-39)31(41)16-26-19-35(33(43)45-3)23(2)48-28(22-46-21-24-8-6-5-7-9-24)18-30(35)40(32(26)42)20-25-10-11-27(36)17-29(25)37/h5-11,17-18,23,26,28H,4,12-16,19-22H2,1-3H3/t23-,26+,28-,35+/m1/s1. The molecule has 0 unspecified atom stereocenters. The summed E-state index contributed by atoms with van der Waals surface area (Å²) < 4.78 is 22.8. The summed E-state index contributed by atoms with van der Waals surface area (Å²) in [5.41, 5.74) is 0.668. The van der Waals surface area contributed by atoms with Crippen LogP contribution in [0.1, 0.15) is 37.8 Å². The first kappa shape index (κ1) is 35.7. The number of methoxy groups -OCH3 is 1. The molecular formula is C35H41Cl2N3O8. The van der Waals surface area contributed by atoms with Gasteiger partial charge in [0.05, 0.1) is 39.6 Å². The van der Waals surface area contributed by atoms with Crippen LogP contribution in [0.5, 0.6) is 0 Å². The first-order valence-electron chi connectivity index (χ1n) is 16.1. The molecule has 0 saturated carbocycles. The number of piperidine rings is 1. The number of carbonyl (C=O) groups is 4. The van der Waals surface area contributed by atoms with Gasteiger partial charge in [0.25, 0.3) is 0 Å². The van der Waals surface area contributed by atoms with Gasteiger partial charge < -0.3 is 33.6 Å². The van der Waals surface area contributed by atoms with Gasteiger partial charge in [-0.2, -0.15) is 0 Å². The number of amides is 3. The van der Waals surface area contributed by atoms with Gasteiger partial charge in [-0.05, 0) is 49.6 Å². The molecule has 2 aromatic carbocycles. The fourth-order valence-corrected chi connectivity index (χ4v) is 7.16. The van der Waals surface area contributed by atoms with Crippen molar-refractivity contribution in [1.82, 2.24) is 14.7 Å². The minimum Gasteiger partial charge on any atom is -0.468 e. The van der Waals surface area contributed by atoms with E-state index in [2.05, 4.69) is 0 Å². The van der Waals surface area contributed by atoms with Crippen LogP contribution in [0.15, 0.2) is 60.3 Å². The molecule has 3 heterocycles. The zero-order chi connectivity index (χ0) is 34.4. The van der Waals surface area contributed by atoms with Crippen LogP contribution >= 0.6 is 23.2 Å². The van der Waals surface area contributed by atoms with Crippen molar-refractivity contribution in [3.63, 3.8) is 0 Å². The second-order valence-electron chi connectivity index (χ2n) is 12.2. The smallest absolute Gasteiger partial charge is 0.409 e. The number of ether oxygens (including phenoxy) is 4. The van der Waals surface area contributed by atoms with Gasteiger partial charge in [0.2, 0.25) is 11.8 Å². The molecule has 4 atom stereocenters. The van der Waals surface area contributed by atoms with Gasteiger partial charge in [-0.3, -0.25) is 14.4 Å². The Kier molecular flexibility index (Phi) is 11.7. The molecule has 3 aliphatic rings. The molecule has 0 N–H and O–H groups in total. The second kappa shape index (κ2) is 15.7. The Morgan fingerprint density at radius 1 is 1.02 bits per heavy atom. The number of hydrogen-bond donors (Lipinski definition) is 0. The van der Waals surface area contributed by atoms with Gasteiger partial charge >= 0.3 is 12.1 Å². The van der Waals surface area contributed by atoms with Gasteiger partial charge in [-0.1, -0.05) is 59.6 Å². The number of hydrogen-bond acceptors (Lipinski definition) is 8. The van der Waals surface area contributed by atoms with E-state index < -0.39 is 35.6 Å². The van der Waals surface area contributed by atoms with E-state index in [1.807, 2.05) is 30.3 Å². The maximum absolute atomic E-state index is 14.4. The highest BCUT2D eigenvalue weighted by Crippen LogP contribution is 2.51. The summed E-state index contributed by atoms with van der Waals surface area (Å²) in [5, 5.41) is 0.804. The van der Waals surface area contributed by atoms with Crippen molar-refractivity contribution in [2.45, 2.75) is 52.0 Å². The van der Waals surface area contributed by atoms with Gasteiger partial charge in [-0.25, -0.2) is 4.79 Å². The predicted molar refractivity (Wildman–Crippen MR) is 178 cm³/mol. The van der Waals surface area contributed by atoms with Crippen LogP contribution < -0.4 is 0 Å². The van der Waals surface area contributed by atoms with E-state index in [0.717, 1.165) is 5.56 Å². The molecule has 2 fully saturated rings. The summed E-state index contributed by atoms with van der Waals surface area (Å²) in [6.07, 6.45) is -0.0684. The van der Waals surface area contributed by atoms with Gasteiger partial charge in [0, 0.05) is 54.3 Å². The molecule has 5 rings (SSSR count). The van der Waals surface area contributed by atoms with Crippen molar-refractivity contribution < 1.29 is 38.1 Å². The molecule has 0 bridgehead atoms. The van der Waals surface area contributed by atoms with Crippen molar-refractivity contribution in [3.8, 4) is 0 Å². The quantitative estimate of drug-likeness (QED) is 0.315. The number of halogens is 2. The lowest BCUT2D eigenvalue weighted by Crippen LogP contribution is -2.60. The van der Waals surface area contributed by atoms with Crippen molar-refractivity contribution in [2.75, 3.05) is 46.5 Å². The van der Waals surface area contributed by atoms with E-state index in [0.29, 0.717) is 54.1 Å². The molecule has 3 amide bonds.